The molecule has 0 bridgehead atoms. The maximum atomic E-state index is 13.8. The second-order valence-corrected chi connectivity index (χ2v) is 7.62. The first-order valence-corrected chi connectivity index (χ1v) is 10.8. The van der Waals surface area contributed by atoms with Crippen molar-refractivity contribution >= 4 is 23.4 Å². The molecule has 31 heavy (non-hydrogen) atoms. The quantitative estimate of drug-likeness (QED) is 0.426. The molecule has 2 aromatic carbocycles. The lowest BCUT2D eigenvalue weighted by molar-refractivity contribution is -0.113. The molecule has 4 aromatic rings. The zero-order chi connectivity index (χ0) is 21.6. The van der Waals surface area contributed by atoms with Crippen LogP contribution in [0, 0.1) is 5.82 Å². The van der Waals surface area contributed by atoms with Gasteiger partial charge in [0.15, 0.2) is 11.0 Å². The number of halogens is 1. The fourth-order valence-electron chi connectivity index (χ4n) is 3.17. The number of para-hydroxylation sites is 2. The van der Waals surface area contributed by atoms with Crippen molar-refractivity contribution in [2.75, 3.05) is 11.1 Å². The van der Waals surface area contributed by atoms with Gasteiger partial charge in [0.25, 0.3) is 0 Å². The smallest absolute Gasteiger partial charge is 0.234 e. The lowest BCUT2D eigenvalue weighted by Crippen LogP contribution is -2.15. The topological polar surface area (TPSA) is 72.7 Å². The Morgan fingerprint density at radius 2 is 1.87 bits per heavy atom. The molecule has 1 amide bonds. The maximum Gasteiger partial charge on any atom is 0.234 e. The van der Waals surface area contributed by atoms with Crippen molar-refractivity contribution in [2.24, 2.45) is 0 Å². The van der Waals surface area contributed by atoms with Gasteiger partial charge in [-0.3, -0.25) is 14.3 Å². The van der Waals surface area contributed by atoms with Gasteiger partial charge in [0.1, 0.15) is 5.82 Å². The van der Waals surface area contributed by atoms with Gasteiger partial charge in [0, 0.05) is 18.0 Å². The van der Waals surface area contributed by atoms with Crippen LogP contribution in [-0.4, -0.2) is 31.4 Å². The summed E-state index contributed by atoms with van der Waals surface area (Å²) >= 11 is 1.24. The third-order valence-electron chi connectivity index (χ3n) is 4.65. The number of carbonyl (C=O) groups is 1. The van der Waals surface area contributed by atoms with Crippen LogP contribution in [0.5, 0.6) is 0 Å². The van der Waals surface area contributed by atoms with Crippen LogP contribution in [0.1, 0.15) is 12.5 Å². The molecule has 0 aliphatic carbocycles. The average molecular weight is 434 g/mol. The number of rotatable bonds is 7. The summed E-state index contributed by atoms with van der Waals surface area (Å²) in [5.41, 5.74) is 3.06. The lowest BCUT2D eigenvalue weighted by Gasteiger charge is -2.14. The second-order valence-electron chi connectivity index (χ2n) is 6.68. The summed E-state index contributed by atoms with van der Waals surface area (Å²) in [5.74, 6) is -0.0875. The fraction of sp³-hybridized carbons (Fsp3) is 0.130. The molecule has 0 aliphatic heterocycles. The van der Waals surface area contributed by atoms with Gasteiger partial charge in [-0.05, 0) is 42.3 Å². The Kier molecular flexibility index (Phi) is 6.37. The zero-order valence-electron chi connectivity index (χ0n) is 16.8. The van der Waals surface area contributed by atoms with Crippen molar-refractivity contribution < 1.29 is 9.18 Å². The molecule has 6 nitrogen and oxygen atoms in total. The van der Waals surface area contributed by atoms with Crippen molar-refractivity contribution in [3.05, 3.63) is 84.4 Å². The van der Waals surface area contributed by atoms with Crippen LogP contribution in [0.4, 0.5) is 10.1 Å². The van der Waals surface area contributed by atoms with Crippen molar-refractivity contribution in [1.29, 1.82) is 0 Å². The standard InChI is InChI=1S/C23H20FN5OS/c1-2-16-8-3-6-12-20(16)29-22(17-9-7-13-25-14-17)27-28-23(29)31-15-21(30)26-19-11-5-4-10-18(19)24/h3-14H,2,15H2,1H3,(H,26,30). The van der Waals surface area contributed by atoms with E-state index in [-0.39, 0.29) is 17.3 Å². The highest BCUT2D eigenvalue weighted by Gasteiger charge is 2.19. The van der Waals surface area contributed by atoms with E-state index in [0.29, 0.717) is 11.0 Å². The van der Waals surface area contributed by atoms with Crippen molar-refractivity contribution in [2.45, 2.75) is 18.5 Å². The third-order valence-corrected chi connectivity index (χ3v) is 5.58. The monoisotopic (exact) mass is 433 g/mol. The first kappa shape index (κ1) is 20.7. The predicted octanol–water partition coefficient (Wildman–Crippen LogP) is 4.76. The molecular formula is C23H20FN5OS. The molecule has 156 valence electrons. The normalized spacial score (nSPS) is 10.8. The summed E-state index contributed by atoms with van der Waals surface area (Å²) in [4.78, 5) is 16.6. The number of aromatic nitrogens is 4. The first-order chi connectivity index (χ1) is 15.2. The molecule has 0 spiro atoms. The van der Waals surface area contributed by atoms with Crippen LogP contribution < -0.4 is 5.32 Å². The molecule has 0 saturated heterocycles. The van der Waals surface area contributed by atoms with Crippen LogP contribution in [0.3, 0.4) is 0 Å². The van der Waals surface area contributed by atoms with Gasteiger partial charge in [-0.25, -0.2) is 4.39 Å². The Morgan fingerprint density at radius 3 is 2.65 bits per heavy atom. The number of nitrogens with zero attached hydrogens (tertiary/aromatic N) is 4. The number of amides is 1. The minimum Gasteiger partial charge on any atom is -0.323 e. The molecule has 1 N–H and O–H groups in total. The summed E-state index contributed by atoms with van der Waals surface area (Å²) < 4.78 is 15.8. The number of hydrogen-bond donors (Lipinski definition) is 1. The number of anilines is 1. The predicted molar refractivity (Wildman–Crippen MR) is 120 cm³/mol. The van der Waals surface area contributed by atoms with E-state index in [1.807, 2.05) is 34.9 Å². The second kappa shape index (κ2) is 9.53. The van der Waals surface area contributed by atoms with Gasteiger partial charge < -0.3 is 5.32 Å². The number of aryl methyl sites for hydroxylation is 1. The molecule has 2 heterocycles. The van der Waals surface area contributed by atoms with E-state index in [0.717, 1.165) is 23.2 Å². The van der Waals surface area contributed by atoms with Crippen molar-refractivity contribution in [3.63, 3.8) is 0 Å². The van der Waals surface area contributed by atoms with Crippen LogP contribution in [0.25, 0.3) is 17.1 Å². The number of benzene rings is 2. The molecule has 2 aromatic heterocycles. The number of carbonyl (C=O) groups excluding carboxylic acids is 1. The molecule has 8 heteroatoms. The van der Waals surface area contributed by atoms with E-state index in [1.54, 1.807) is 24.5 Å². The summed E-state index contributed by atoms with van der Waals surface area (Å²) in [6.07, 6.45) is 4.26. The highest BCUT2D eigenvalue weighted by molar-refractivity contribution is 7.99. The molecule has 0 atom stereocenters. The Bertz CT molecular complexity index is 1200. The summed E-state index contributed by atoms with van der Waals surface area (Å²) in [5, 5.41) is 11.9. The minimum atomic E-state index is -0.472. The van der Waals surface area contributed by atoms with E-state index in [2.05, 4.69) is 33.5 Å². The van der Waals surface area contributed by atoms with Gasteiger partial charge >= 0.3 is 0 Å². The lowest BCUT2D eigenvalue weighted by atomic mass is 10.1. The Balaban J connectivity index is 1.64. The Labute approximate surface area is 183 Å². The molecule has 0 fully saturated rings. The molecule has 0 saturated carbocycles. The Hall–Kier alpha value is -3.52. The van der Waals surface area contributed by atoms with Crippen LogP contribution in [0.15, 0.2) is 78.2 Å². The van der Waals surface area contributed by atoms with E-state index in [9.17, 15) is 9.18 Å². The van der Waals surface area contributed by atoms with E-state index < -0.39 is 5.82 Å². The molecule has 0 aliphatic rings. The molecule has 0 unspecified atom stereocenters. The van der Waals surface area contributed by atoms with Crippen LogP contribution >= 0.6 is 11.8 Å². The first-order valence-electron chi connectivity index (χ1n) is 9.78. The number of thioether (sulfide) groups is 1. The van der Waals surface area contributed by atoms with Gasteiger partial charge in [-0.2, -0.15) is 0 Å². The number of pyridine rings is 1. The van der Waals surface area contributed by atoms with E-state index in [1.165, 1.54) is 23.9 Å². The molecule has 4 rings (SSSR count). The van der Waals surface area contributed by atoms with Gasteiger partial charge in [0.2, 0.25) is 5.91 Å². The number of hydrogen-bond acceptors (Lipinski definition) is 5. The highest BCUT2D eigenvalue weighted by Crippen LogP contribution is 2.29. The fourth-order valence-corrected chi connectivity index (χ4v) is 3.91. The third kappa shape index (κ3) is 4.64. The van der Waals surface area contributed by atoms with Crippen LogP contribution in [0.2, 0.25) is 0 Å². The highest BCUT2D eigenvalue weighted by atomic mass is 32.2. The molecular weight excluding hydrogens is 413 g/mol. The SMILES string of the molecule is CCc1ccccc1-n1c(SCC(=O)Nc2ccccc2F)nnc1-c1cccnc1. The number of nitrogens with one attached hydrogen (secondary N) is 1. The van der Waals surface area contributed by atoms with E-state index >= 15 is 0 Å². The zero-order valence-corrected chi connectivity index (χ0v) is 17.6. The largest absolute Gasteiger partial charge is 0.323 e. The van der Waals surface area contributed by atoms with Gasteiger partial charge in [-0.15, -0.1) is 10.2 Å². The summed E-state index contributed by atoms with van der Waals surface area (Å²) in [7, 11) is 0. The van der Waals surface area contributed by atoms with E-state index in [4.69, 9.17) is 0 Å². The van der Waals surface area contributed by atoms with Crippen molar-refractivity contribution in [3.8, 4) is 17.1 Å². The average Bonchev–Trinajstić information content (AvgIpc) is 3.23. The minimum absolute atomic E-state index is 0.0633. The maximum absolute atomic E-state index is 13.8. The van der Waals surface area contributed by atoms with Crippen molar-refractivity contribution in [1.82, 2.24) is 19.7 Å². The van der Waals surface area contributed by atoms with Gasteiger partial charge in [0.05, 0.1) is 17.1 Å². The van der Waals surface area contributed by atoms with Crippen LogP contribution in [-0.2, 0) is 11.2 Å². The Morgan fingerprint density at radius 1 is 1.06 bits per heavy atom. The summed E-state index contributed by atoms with van der Waals surface area (Å²) in [6.45, 7) is 2.08. The molecule has 0 radical (unpaired) electrons. The van der Waals surface area contributed by atoms with Gasteiger partial charge in [-0.1, -0.05) is 49.0 Å². The summed E-state index contributed by atoms with van der Waals surface area (Å²) in [6, 6.07) is 17.9.